The molecule has 3 aromatic heterocycles. The second-order valence-corrected chi connectivity index (χ2v) is 4.59. The average Bonchev–Trinajstić information content (AvgIpc) is 3.16. The maximum atomic E-state index is 14.0. The first-order chi connectivity index (χ1) is 10.8. The number of benzene rings is 1. The van der Waals surface area contributed by atoms with Gasteiger partial charge in [0.15, 0.2) is 17.5 Å². The van der Waals surface area contributed by atoms with Crippen LogP contribution in [0.1, 0.15) is 0 Å². The molecular weight excluding hydrogens is 290 g/mol. The lowest BCUT2D eigenvalue weighted by molar-refractivity contribution is 0.501. The van der Waals surface area contributed by atoms with Gasteiger partial charge in [-0.1, -0.05) is 6.07 Å². The first kappa shape index (κ1) is 12.6. The molecule has 0 spiro atoms. The summed E-state index contributed by atoms with van der Waals surface area (Å²) in [6.07, 6.45) is 3.33. The highest BCUT2D eigenvalue weighted by Crippen LogP contribution is 2.27. The van der Waals surface area contributed by atoms with E-state index in [-0.39, 0.29) is 5.69 Å². The van der Waals surface area contributed by atoms with Crippen molar-refractivity contribution in [3.05, 3.63) is 54.4 Å². The molecule has 1 aromatic carbocycles. The van der Waals surface area contributed by atoms with Crippen molar-refractivity contribution in [2.45, 2.75) is 0 Å². The minimum atomic E-state index is -1.01. The van der Waals surface area contributed by atoms with Crippen molar-refractivity contribution in [3.63, 3.8) is 0 Å². The van der Waals surface area contributed by atoms with Crippen LogP contribution in [0.25, 0.3) is 28.1 Å². The molecule has 0 bridgehead atoms. The van der Waals surface area contributed by atoms with Crippen LogP contribution in [0.15, 0.2) is 42.7 Å². The molecule has 6 nitrogen and oxygen atoms in total. The molecule has 0 aliphatic heterocycles. The van der Waals surface area contributed by atoms with Gasteiger partial charge >= 0.3 is 0 Å². The highest BCUT2D eigenvalue weighted by Gasteiger charge is 2.18. The van der Waals surface area contributed by atoms with Crippen LogP contribution in [0.2, 0.25) is 0 Å². The molecule has 8 heteroatoms. The van der Waals surface area contributed by atoms with E-state index in [1.807, 2.05) is 6.07 Å². The Hall–Kier alpha value is -3.16. The molecule has 0 saturated carbocycles. The normalized spacial score (nSPS) is 11.2. The molecular formula is C14H8F2N6. The van der Waals surface area contributed by atoms with E-state index in [1.54, 1.807) is 18.5 Å². The predicted molar refractivity (Wildman–Crippen MR) is 74.2 cm³/mol. The molecule has 0 fully saturated rings. The van der Waals surface area contributed by atoms with E-state index < -0.39 is 11.6 Å². The van der Waals surface area contributed by atoms with Gasteiger partial charge in [-0.15, -0.1) is 5.10 Å². The topological polar surface area (TPSA) is 72.3 Å². The fourth-order valence-corrected chi connectivity index (χ4v) is 2.31. The second-order valence-electron chi connectivity index (χ2n) is 4.59. The second kappa shape index (κ2) is 4.69. The first-order valence-corrected chi connectivity index (χ1v) is 6.41. The monoisotopic (exact) mass is 298 g/mol. The van der Waals surface area contributed by atoms with E-state index in [1.165, 1.54) is 12.1 Å². The van der Waals surface area contributed by atoms with Crippen LogP contribution in [-0.2, 0) is 0 Å². The number of H-pyrrole nitrogens is 1. The largest absolute Gasteiger partial charge is 0.345 e. The molecule has 4 rings (SSSR count). The number of nitrogens with zero attached hydrogens (tertiary/aromatic N) is 5. The van der Waals surface area contributed by atoms with Crippen molar-refractivity contribution in [1.29, 1.82) is 0 Å². The molecule has 0 unspecified atom stereocenters. The Morgan fingerprint density at radius 1 is 1.09 bits per heavy atom. The van der Waals surface area contributed by atoms with Gasteiger partial charge in [0, 0.05) is 23.3 Å². The Kier molecular flexibility index (Phi) is 2.68. The van der Waals surface area contributed by atoms with Gasteiger partial charge in [0.2, 0.25) is 0 Å². The number of aromatic nitrogens is 6. The van der Waals surface area contributed by atoms with Gasteiger partial charge in [0.1, 0.15) is 11.3 Å². The quantitative estimate of drug-likeness (QED) is 0.617. The number of hydrogen-bond donors (Lipinski definition) is 1. The number of rotatable bonds is 2. The molecule has 4 aromatic rings. The summed E-state index contributed by atoms with van der Waals surface area (Å²) in [7, 11) is 0. The molecule has 3 heterocycles. The Balaban J connectivity index is 1.96. The van der Waals surface area contributed by atoms with Crippen LogP contribution >= 0.6 is 0 Å². The summed E-state index contributed by atoms with van der Waals surface area (Å²) < 4.78 is 28.6. The minimum absolute atomic E-state index is 0.0572. The van der Waals surface area contributed by atoms with Gasteiger partial charge in [-0.3, -0.25) is 0 Å². The van der Waals surface area contributed by atoms with Crippen LogP contribution in [0, 0.1) is 11.6 Å². The van der Waals surface area contributed by atoms with Gasteiger partial charge < -0.3 is 4.98 Å². The Morgan fingerprint density at radius 2 is 2.00 bits per heavy atom. The van der Waals surface area contributed by atoms with E-state index in [9.17, 15) is 8.78 Å². The summed E-state index contributed by atoms with van der Waals surface area (Å²) in [5.41, 5.74) is 1.25. The summed E-state index contributed by atoms with van der Waals surface area (Å²) in [5.74, 6) is -1.67. The molecule has 0 aliphatic rings. The molecule has 0 aliphatic carbocycles. The van der Waals surface area contributed by atoms with Crippen LogP contribution in [-0.4, -0.2) is 30.2 Å². The molecule has 1 N–H and O–H groups in total. The molecule has 22 heavy (non-hydrogen) atoms. The fourth-order valence-electron chi connectivity index (χ4n) is 2.31. The van der Waals surface area contributed by atoms with E-state index in [0.29, 0.717) is 17.0 Å². The fraction of sp³-hybridized carbons (Fsp3) is 0. The lowest BCUT2D eigenvalue weighted by atomic mass is 10.2. The van der Waals surface area contributed by atoms with E-state index in [0.717, 1.165) is 16.1 Å². The molecule has 0 atom stereocenters. The van der Waals surface area contributed by atoms with Crippen molar-refractivity contribution in [2.24, 2.45) is 0 Å². The average molecular weight is 298 g/mol. The van der Waals surface area contributed by atoms with Gasteiger partial charge in [-0.2, -0.15) is 4.68 Å². The van der Waals surface area contributed by atoms with Gasteiger partial charge in [-0.05, 0) is 34.7 Å². The zero-order chi connectivity index (χ0) is 15.1. The smallest absolute Gasteiger partial charge is 0.189 e. The van der Waals surface area contributed by atoms with Crippen molar-refractivity contribution in [1.82, 2.24) is 30.2 Å². The summed E-state index contributed by atoms with van der Waals surface area (Å²) in [6, 6.07) is 7.46. The third-order valence-corrected chi connectivity index (χ3v) is 3.32. The predicted octanol–water partition coefficient (Wildman–Crippen LogP) is 2.48. The number of nitrogens with one attached hydrogen (secondary N) is 1. The standard InChI is InChI=1S/C14H8F2N6/c15-10-4-1-5-11(12(10)16)22-14(19-20-21-22)9-7-18-13-8(9)3-2-6-17-13/h1-7H,(H,17,18). The Bertz CT molecular complexity index is 974. The van der Waals surface area contributed by atoms with Gasteiger partial charge in [0.05, 0.1) is 0 Å². The SMILES string of the molecule is Fc1cccc(-n2nnnc2-c2c[nH]c3ncccc23)c1F. The van der Waals surface area contributed by atoms with Gasteiger partial charge in [0.25, 0.3) is 0 Å². The number of pyridine rings is 1. The zero-order valence-electron chi connectivity index (χ0n) is 11.0. The van der Waals surface area contributed by atoms with Crippen LogP contribution in [0.3, 0.4) is 0 Å². The maximum Gasteiger partial charge on any atom is 0.189 e. The van der Waals surface area contributed by atoms with Crippen molar-refractivity contribution >= 4 is 11.0 Å². The maximum absolute atomic E-state index is 14.0. The van der Waals surface area contributed by atoms with Crippen LogP contribution in [0.5, 0.6) is 0 Å². The third kappa shape index (κ3) is 1.77. The Morgan fingerprint density at radius 3 is 2.91 bits per heavy atom. The van der Waals surface area contributed by atoms with Crippen molar-refractivity contribution in [3.8, 4) is 17.1 Å². The third-order valence-electron chi connectivity index (χ3n) is 3.32. The number of halogens is 2. The molecule has 0 amide bonds. The number of tetrazole rings is 1. The molecule has 0 radical (unpaired) electrons. The summed E-state index contributed by atoms with van der Waals surface area (Å²) in [6.45, 7) is 0. The zero-order valence-corrected chi connectivity index (χ0v) is 11.0. The molecule has 0 saturated heterocycles. The van der Waals surface area contributed by atoms with Gasteiger partial charge in [-0.25, -0.2) is 13.8 Å². The number of fused-ring (bicyclic) bond motifs is 1. The van der Waals surface area contributed by atoms with E-state index in [2.05, 4.69) is 25.5 Å². The van der Waals surface area contributed by atoms with E-state index >= 15 is 0 Å². The lowest BCUT2D eigenvalue weighted by Crippen LogP contribution is -2.04. The number of aromatic amines is 1. The van der Waals surface area contributed by atoms with Crippen molar-refractivity contribution < 1.29 is 8.78 Å². The summed E-state index contributed by atoms with van der Waals surface area (Å²) >= 11 is 0. The van der Waals surface area contributed by atoms with E-state index in [4.69, 9.17) is 0 Å². The first-order valence-electron chi connectivity index (χ1n) is 6.41. The van der Waals surface area contributed by atoms with Crippen LogP contribution < -0.4 is 0 Å². The lowest BCUT2D eigenvalue weighted by Gasteiger charge is -2.05. The molecule has 108 valence electrons. The summed E-state index contributed by atoms with van der Waals surface area (Å²) in [4.78, 5) is 7.17. The van der Waals surface area contributed by atoms with Crippen LogP contribution in [0.4, 0.5) is 8.78 Å². The highest BCUT2D eigenvalue weighted by atomic mass is 19.2. The Labute approximate surface area is 122 Å². The number of hydrogen-bond acceptors (Lipinski definition) is 4. The van der Waals surface area contributed by atoms with Crippen molar-refractivity contribution in [2.75, 3.05) is 0 Å². The summed E-state index contributed by atoms with van der Waals surface area (Å²) in [5, 5.41) is 12.0. The minimum Gasteiger partial charge on any atom is -0.345 e. The highest BCUT2D eigenvalue weighted by molar-refractivity contribution is 5.91.